The van der Waals surface area contributed by atoms with Gasteiger partial charge < -0.3 is 10.2 Å². The molecule has 100 valence electrons. The lowest BCUT2D eigenvalue weighted by atomic mass is 10.1. The molecule has 1 heterocycles. The van der Waals surface area contributed by atoms with E-state index in [-0.39, 0.29) is 0 Å². The first-order chi connectivity index (χ1) is 8.72. The van der Waals surface area contributed by atoms with E-state index in [1.165, 1.54) is 24.1 Å². The van der Waals surface area contributed by atoms with Gasteiger partial charge in [-0.05, 0) is 43.9 Å². The molecule has 2 rings (SSSR count). The Morgan fingerprint density at radius 2 is 2.11 bits per heavy atom. The molecule has 1 aromatic rings. The summed E-state index contributed by atoms with van der Waals surface area (Å²) in [6.45, 7) is 6.35. The Hall–Kier alpha value is -1.09. The Bertz CT molecular complexity index is 385. The van der Waals surface area contributed by atoms with Crippen LogP contribution in [0.25, 0.3) is 0 Å². The molecule has 1 saturated carbocycles. The number of hydrogen-bond donors (Lipinski definition) is 1. The molecule has 1 fully saturated rings. The van der Waals surface area contributed by atoms with E-state index in [0.29, 0.717) is 0 Å². The van der Waals surface area contributed by atoms with Crippen LogP contribution in [0.5, 0.6) is 0 Å². The van der Waals surface area contributed by atoms with Crippen molar-refractivity contribution in [2.45, 2.75) is 52.1 Å². The largest absolute Gasteiger partial charge is 0.360 e. The van der Waals surface area contributed by atoms with Crippen LogP contribution >= 0.6 is 0 Å². The van der Waals surface area contributed by atoms with Crippen molar-refractivity contribution in [1.29, 1.82) is 0 Å². The fourth-order valence-electron chi connectivity index (χ4n) is 2.03. The topological polar surface area (TPSA) is 28.2 Å². The number of rotatable bonds is 7. The highest BCUT2D eigenvalue weighted by Crippen LogP contribution is 2.20. The highest BCUT2D eigenvalue weighted by molar-refractivity contribution is 5.42. The van der Waals surface area contributed by atoms with Crippen LogP contribution in [0.4, 0.5) is 5.82 Å². The van der Waals surface area contributed by atoms with E-state index in [1.54, 1.807) is 0 Å². The van der Waals surface area contributed by atoms with Gasteiger partial charge in [0.1, 0.15) is 5.82 Å². The van der Waals surface area contributed by atoms with Crippen molar-refractivity contribution in [2.75, 3.05) is 18.5 Å². The number of anilines is 1. The summed E-state index contributed by atoms with van der Waals surface area (Å²) in [4.78, 5) is 6.94. The lowest BCUT2D eigenvalue weighted by Crippen LogP contribution is -2.20. The van der Waals surface area contributed by atoms with Crippen molar-refractivity contribution >= 4 is 5.82 Å². The lowest BCUT2D eigenvalue weighted by Gasteiger charge is -2.18. The van der Waals surface area contributed by atoms with Gasteiger partial charge in [-0.1, -0.05) is 13.3 Å². The average molecular weight is 247 g/mol. The summed E-state index contributed by atoms with van der Waals surface area (Å²) >= 11 is 0. The van der Waals surface area contributed by atoms with Crippen molar-refractivity contribution < 1.29 is 0 Å². The molecular weight excluding hydrogens is 222 g/mol. The second-order valence-corrected chi connectivity index (χ2v) is 5.24. The maximum Gasteiger partial charge on any atom is 0.128 e. The van der Waals surface area contributed by atoms with Crippen LogP contribution in [-0.2, 0) is 13.0 Å². The van der Waals surface area contributed by atoms with Gasteiger partial charge in [0.2, 0.25) is 0 Å². The minimum atomic E-state index is 0.764. The Morgan fingerprint density at radius 1 is 1.33 bits per heavy atom. The zero-order valence-corrected chi connectivity index (χ0v) is 11.9. The van der Waals surface area contributed by atoms with Gasteiger partial charge in [0.25, 0.3) is 0 Å². The highest BCUT2D eigenvalue weighted by Gasteiger charge is 2.20. The van der Waals surface area contributed by atoms with E-state index in [4.69, 9.17) is 4.98 Å². The second kappa shape index (κ2) is 6.19. The van der Waals surface area contributed by atoms with Gasteiger partial charge in [0, 0.05) is 31.9 Å². The molecule has 0 bridgehead atoms. The SMILES string of the molecule is CCCc1cc(CNC2CC2)cc(N(C)CC)n1. The van der Waals surface area contributed by atoms with E-state index < -0.39 is 0 Å². The van der Waals surface area contributed by atoms with Gasteiger partial charge in [-0.15, -0.1) is 0 Å². The normalized spacial score (nSPS) is 14.8. The van der Waals surface area contributed by atoms with Crippen molar-refractivity contribution in [1.82, 2.24) is 10.3 Å². The van der Waals surface area contributed by atoms with Gasteiger partial charge >= 0.3 is 0 Å². The first kappa shape index (κ1) is 13.3. The van der Waals surface area contributed by atoms with Crippen LogP contribution in [0, 0.1) is 0 Å². The third-order valence-corrected chi connectivity index (χ3v) is 3.47. The van der Waals surface area contributed by atoms with E-state index in [9.17, 15) is 0 Å². The summed E-state index contributed by atoms with van der Waals surface area (Å²) in [5, 5.41) is 3.58. The summed E-state index contributed by atoms with van der Waals surface area (Å²) in [5.74, 6) is 1.11. The van der Waals surface area contributed by atoms with Gasteiger partial charge in [-0.25, -0.2) is 4.98 Å². The first-order valence-electron chi connectivity index (χ1n) is 7.17. The fourth-order valence-corrected chi connectivity index (χ4v) is 2.03. The molecule has 0 aromatic carbocycles. The molecule has 3 heteroatoms. The lowest BCUT2D eigenvalue weighted by molar-refractivity contribution is 0.685. The Morgan fingerprint density at radius 3 is 2.72 bits per heavy atom. The van der Waals surface area contributed by atoms with Crippen LogP contribution < -0.4 is 10.2 Å². The maximum atomic E-state index is 4.73. The van der Waals surface area contributed by atoms with E-state index in [0.717, 1.165) is 37.8 Å². The number of aryl methyl sites for hydroxylation is 1. The highest BCUT2D eigenvalue weighted by atomic mass is 15.2. The van der Waals surface area contributed by atoms with E-state index in [2.05, 4.69) is 43.2 Å². The zero-order valence-electron chi connectivity index (χ0n) is 11.9. The molecule has 1 aliphatic rings. The first-order valence-corrected chi connectivity index (χ1v) is 7.17. The molecule has 0 spiro atoms. The zero-order chi connectivity index (χ0) is 13.0. The van der Waals surface area contributed by atoms with Crippen molar-refractivity contribution in [3.05, 3.63) is 23.4 Å². The van der Waals surface area contributed by atoms with Crippen molar-refractivity contribution in [3.8, 4) is 0 Å². The molecule has 18 heavy (non-hydrogen) atoms. The summed E-state index contributed by atoms with van der Waals surface area (Å²) in [6, 6.07) is 5.24. The van der Waals surface area contributed by atoms with Crippen LogP contribution in [0.3, 0.4) is 0 Å². The molecule has 0 aliphatic heterocycles. The summed E-state index contributed by atoms with van der Waals surface area (Å²) in [5.41, 5.74) is 2.60. The second-order valence-electron chi connectivity index (χ2n) is 5.24. The quantitative estimate of drug-likeness (QED) is 0.803. The van der Waals surface area contributed by atoms with Gasteiger partial charge in [0.15, 0.2) is 0 Å². The predicted octanol–water partition coefficient (Wildman–Crippen LogP) is 2.74. The average Bonchev–Trinajstić information content (AvgIpc) is 3.19. The molecule has 1 aliphatic carbocycles. The Kier molecular flexibility index (Phi) is 4.59. The summed E-state index contributed by atoms with van der Waals surface area (Å²) in [6.07, 6.45) is 4.91. The molecule has 0 atom stereocenters. The number of nitrogens with zero attached hydrogens (tertiary/aromatic N) is 2. The van der Waals surface area contributed by atoms with Crippen LogP contribution in [0.1, 0.15) is 44.4 Å². The molecule has 0 saturated heterocycles. The van der Waals surface area contributed by atoms with E-state index in [1.807, 2.05) is 0 Å². The van der Waals surface area contributed by atoms with Crippen LogP contribution in [0.15, 0.2) is 12.1 Å². The van der Waals surface area contributed by atoms with Crippen LogP contribution in [-0.4, -0.2) is 24.6 Å². The van der Waals surface area contributed by atoms with Crippen LogP contribution in [0.2, 0.25) is 0 Å². The molecular formula is C15H25N3. The van der Waals surface area contributed by atoms with Gasteiger partial charge in [-0.3, -0.25) is 0 Å². The molecule has 0 radical (unpaired) electrons. The number of aromatic nitrogens is 1. The standard InChI is InChI=1S/C15H25N3/c1-4-6-14-9-12(11-16-13-7-8-13)10-15(17-14)18(3)5-2/h9-10,13,16H,4-8,11H2,1-3H3. The monoisotopic (exact) mass is 247 g/mol. The molecule has 0 amide bonds. The van der Waals surface area contributed by atoms with Gasteiger partial charge in [0.05, 0.1) is 0 Å². The van der Waals surface area contributed by atoms with E-state index >= 15 is 0 Å². The summed E-state index contributed by atoms with van der Waals surface area (Å²) < 4.78 is 0. The Balaban J connectivity index is 2.11. The number of nitrogens with one attached hydrogen (secondary N) is 1. The molecule has 1 N–H and O–H groups in total. The van der Waals surface area contributed by atoms with Crippen molar-refractivity contribution in [2.24, 2.45) is 0 Å². The fraction of sp³-hybridized carbons (Fsp3) is 0.667. The van der Waals surface area contributed by atoms with Crippen molar-refractivity contribution in [3.63, 3.8) is 0 Å². The minimum Gasteiger partial charge on any atom is -0.360 e. The van der Waals surface area contributed by atoms with Gasteiger partial charge in [-0.2, -0.15) is 0 Å². The number of hydrogen-bond acceptors (Lipinski definition) is 3. The summed E-state index contributed by atoms with van der Waals surface area (Å²) in [7, 11) is 2.11. The minimum absolute atomic E-state index is 0.764. The molecule has 0 unspecified atom stereocenters. The maximum absolute atomic E-state index is 4.73. The third-order valence-electron chi connectivity index (χ3n) is 3.47. The smallest absolute Gasteiger partial charge is 0.128 e. The molecule has 1 aromatic heterocycles. The predicted molar refractivity (Wildman–Crippen MR) is 77.0 cm³/mol. The third kappa shape index (κ3) is 3.70. The molecule has 3 nitrogen and oxygen atoms in total. The number of pyridine rings is 1. The Labute approximate surface area is 111 Å².